The van der Waals surface area contributed by atoms with Gasteiger partial charge in [0.15, 0.2) is 0 Å². The van der Waals surface area contributed by atoms with E-state index in [1.165, 1.54) is 23.3 Å². The second kappa shape index (κ2) is 6.96. The monoisotopic (exact) mass is 340 g/mol. The summed E-state index contributed by atoms with van der Waals surface area (Å²) in [6.45, 7) is 2.07. The second-order valence-corrected chi connectivity index (χ2v) is 7.35. The van der Waals surface area contributed by atoms with Crippen LogP contribution in [-0.4, -0.2) is 30.4 Å². The van der Waals surface area contributed by atoms with Gasteiger partial charge in [-0.2, -0.15) is 0 Å². The minimum absolute atomic E-state index is 0.0692. The number of carbonyl (C=O) groups is 1. The molecule has 0 bridgehead atoms. The minimum Gasteiger partial charge on any atom is -0.349 e. The lowest BCUT2D eigenvalue weighted by atomic mass is 10.0. The van der Waals surface area contributed by atoms with Gasteiger partial charge < -0.3 is 5.32 Å². The molecule has 0 heterocycles. The number of benzene rings is 2. The molecule has 3 nitrogen and oxygen atoms in total. The van der Waals surface area contributed by atoms with E-state index in [-0.39, 0.29) is 17.3 Å². The van der Waals surface area contributed by atoms with E-state index in [9.17, 15) is 9.18 Å². The lowest BCUT2D eigenvalue weighted by molar-refractivity contribution is -0.126. The van der Waals surface area contributed by atoms with Crippen LogP contribution in [0.2, 0.25) is 0 Å². The Morgan fingerprint density at radius 2 is 1.88 bits per heavy atom. The van der Waals surface area contributed by atoms with Crippen molar-refractivity contribution in [1.82, 2.24) is 10.2 Å². The van der Waals surface area contributed by atoms with Gasteiger partial charge in [0.1, 0.15) is 11.9 Å². The number of aryl methyl sites for hydroxylation is 1. The largest absolute Gasteiger partial charge is 0.349 e. The molecule has 1 atom stereocenters. The Labute approximate surface area is 148 Å². The van der Waals surface area contributed by atoms with Crippen LogP contribution in [0.1, 0.15) is 35.6 Å². The van der Waals surface area contributed by atoms with Gasteiger partial charge in [0.25, 0.3) is 0 Å². The lowest BCUT2D eigenvalue weighted by Crippen LogP contribution is -2.44. The van der Waals surface area contributed by atoms with Crippen molar-refractivity contribution in [2.75, 3.05) is 14.1 Å². The van der Waals surface area contributed by atoms with Gasteiger partial charge in [-0.25, -0.2) is 4.39 Å². The molecule has 0 unspecified atom stereocenters. The van der Waals surface area contributed by atoms with Crippen molar-refractivity contribution in [3.05, 3.63) is 71.0 Å². The molecule has 25 heavy (non-hydrogen) atoms. The molecule has 0 radical (unpaired) electrons. The highest BCUT2D eigenvalue weighted by Crippen LogP contribution is 2.39. The number of hydrogen-bond acceptors (Lipinski definition) is 2. The van der Waals surface area contributed by atoms with Crippen molar-refractivity contribution in [1.29, 1.82) is 0 Å². The summed E-state index contributed by atoms with van der Waals surface area (Å²) in [4.78, 5) is 14.7. The second-order valence-electron chi connectivity index (χ2n) is 7.35. The van der Waals surface area contributed by atoms with E-state index in [0.717, 1.165) is 19.3 Å². The maximum absolute atomic E-state index is 13.6. The van der Waals surface area contributed by atoms with E-state index >= 15 is 0 Å². The molecule has 1 aliphatic rings. The summed E-state index contributed by atoms with van der Waals surface area (Å²) < 4.78 is 13.6. The average Bonchev–Trinajstić information content (AvgIpc) is 3.28. The molecule has 4 heteroatoms. The van der Waals surface area contributed by atoms with Gasteiger partial charge in [-0.15, -0.1) is 0 Å². The molecule has 1 N–H and O–H groups in total. The summed E-state index contributed by atoms with van der Waals surface area (Å²) in [6, 6.07) is 14.2. The molecule has 0 spiro atoms. The van der Waals surface area contributed by atoms with Crippen LogP contribution in [-0.2, 0) is 11.2 Å². The Hall–Kier alpha value is -2.20. The topological polar surface area (TPSA) is 32.3 Å². The molecule has 1 amide bonds. The number of nitrogens with one attached hydrogen (secondary N) is 1. The zero-order valence-corrected chi connectivity index (χ0v) is 15.1. The van der Waals surface area contributed by atoms with Crippen LogP contribution < -0.4 is 5.32 Å². The van der Waals surface area contributed by atoms with Crippen molar-refractivity contribution < 1.29 is 9.18 Å². The Morgan fingerprint density at radius 1 is 1.20 bits per heavy atom. The summed E-state index contributed by atoms with van der Waals surface area (Å²) >= 11 is 0. The molecule has 0 aliphatic heterocycles. The summed E-state index contributed by atoms with van der Waals surface area (Å²) in [5.41, 5.74) is 2.98. The van der Waals surface area contributed by atoms with Crippen LogP contribution in [0.3, 0.4) is 0 Å². The molecule has 0 aromatic heterocycles. The third kappa shape index (κ3) is 4.26. The number of amides is 1. The first kappa shape index (κ1) is 17.6. The fourth-order valence-electron chi connectivity index (χ4n) is 3.28. The van der Waals surface area contributed by atoms with Crippen LogP contribution in [0.25, 0.3) is 0 Å². The van der Waals surface area contributed by atoms with Crippen LogP contribution >= 0.6 is 0 Å². The maximum Gasteiger partial charge on any atom is 0.242 e. The molecular weight excluding hydrogens is 315 g/mol. The third-order valence-corrected chi connectivity index (χ3v) is 4.83. The van der Waals surface area contributed by atoms with Crippen molar-refractivity contribution in [3.8, 4) is 0 Å². The molecule has 0 saturated heterocycles. The van der Waals surface area contributed by atoms with Crippen LogP contribution in [0.15, 0.2) is 48.5 Å². The first-order valence-corrected chi connectivity index (χ1v) is 8.68. The molecule has 2 aromatic rings. The van der Waals surface area contributed by atoms with Gasteiger partial charge in [0.05, 0.1) is 0 Å². The van der Waals surface area contributed by atoms with Crippen LogP contribution in [0, 0.1) is 12.7 Å². The predicted molar refractivity (Wildman–Crippen MR) is 97.8 cm³/mol. The minimum atomic E-state index is -0.494. The number of hydrogen-bond donors (Lipinski definition) is 1. The van der Waals surface area contributed by atoms with Gasteiger partial charge in [-0.3, -0.25) is 9.69 Å². The Balaban J connectivity index is 1.74. The Kier molecular flexibility index (Phi) is 4.91. The highest BCUT2D eigenvalue weighted by molar-refractivity contribution is 5.84. The summed E-state index contributed by atoms with van der Waals surface area (Å²) in [5.74, 6) is -0.391. The van der Waals surface area contributed by atoms with E-state index in [1.54, 1.807) is 12.1 Å². The fourth-order valence-corrected chi connectivity index (χ4v) is 3.28. The summed E-state index contributed by atoms with van der Waals surface area (Å²) in [7, 11) is 3.68. The first-order valence-electron chi connectivity index (χ1n) is 8.68. The van der Waals surface area contributed by atoms with Crippen LogP contribution in [0.5, 0.6) is 0 Å². The third-order valence-electron chi connectivity index (χ3n) is 4.83. The van der Waals surface area contributed by atoms with Gasteiger partial charge in [-0.05, 0) is 63.5 Å². The van der Waals surface area contributed by atoms with Crippen molar-refractivity contribution >= 4 is 5.91 Å². The number of likely N-dealkylation sites (N-methyl/N-ethyl adjacent to an activating group) is 1. The number of nitrogens with zero attached hydrogens (tertiary/aromatic N) is 1. The molecule has 1 aliphatic carbocycles. The number of carbonyl (C=O) groups excluding carboxylic acids is 1. The highest BCUT2D eigenvalue weighted by Gasteiger charge is 2.45. The quantitative estimate of drug-likeness (QED) is 0.871. The van der Waals surface area contributed by atoms with E-state index < -0.39 is 6.04 Å². The van der Waals surface area contributed by atoms with Crippen molar-refractivity contribution in [2.24, 2.45) is 0 Å². The lowest BCUT2D eigenvalue weighted by Gasteiger charge is -2.27. The summed E-state index contributed by atoms with van der Waals surface area (Å²) in [5, 5.41) is 3.23. The molecule has 1 saturated carbocycles. The maximum atomic E-state index is 13.6. The van der Waals surface area contributed by atoms with E-state index in [4.69, 9.17) is 0 Å². The number of halogens is 1. The number of rotatable bonds is 6. The van der Waals surface area contributed by atoms with Crippen molar-refractivity contribution in [2.45, 2.75) is 37.8 Å². The highest BCUT2D eigenvalue weighted by atomic mass is 19.1. The van der Waals surface area contributed by atoms with Crippen LogP contribution in [0.4, 0.5) is 4.39 Å². The van der Waals surface area contributed by atoms with Gasteiger partial charge in [-0.1, -0.05) is 42.0 Å². The smallest absolute Gasteiger partial charge is 0.242 e. The Morgan fingerprint density at radius 3 is 2.44 bits per heavy atom. The SMILES string of the molecule is Cc1ccc(CC2(NC(=O)[C@H](c3cccc(F)c3)N(C)C)CC2)cc1. The van der Waals surface area contributed by atoms with E-state index in [1.807, 2.05) is 19.0 Å². The van der Waals surface area contributed by atoms with Gasteiger partial charge in [0, 0.05) is 5.54 Å². The van der Waals surface area contributed by atoms with Gasteiger partial charge >= 0.3 is 0 Å². The van der Waals surface area contributed by atoms with Crippen molar-refractivity contribution in [3.63, 3.8) is 0 Å². The average molecular weight is 340 g/mol. The van der Waals surface area contributed by atoms with E-state index in [2.05, 4.69) is 36.5 Å². The molecule has 132 valence electrons. The molecule has 3 rings (SSSR count). The fraction of sp³-hybridized carbons (Fsp3) is 0.381. The summed E-state index contributed by atoms with van der Waals surface area (Å²) in [6.07, 6.45) is 2.80. The zero-order chi connectivity index (χ0) is 18.0. The predicted octanol–water partition coefficient (Wildman–Crippen LogP) is 3.63. The first-order chi connectivity index (χ1) is 11.9. The Bertz CT molecular complexity index is 751. The molecular formula is C21H25FN2O. The standard InChI is InChI=1S/C21H25FN2O/c1-15-7-9-16(10-8-15)14-21(11-12-21)23-20(25)19(24(2)3)17-5-4-6-18(22)13-17/h4-10,13,19H,11-12,14H2,1-3H3,(H,23,25)/t19-/m0/s1. The normalized spacial score (nSPS) is 16.5. The zero-order valence-electron chi connectivity index (χ0n) is 15.1. The van der Waals surface area contributed by atoms with Gasteiger partial charge in [0.2, 0.25) is 5.91 Å². The molecule has 1 fully saturated rings. The van der Waals surface area contributed by atoms with E-state index in [0.29, 0.717) is 5.56 Å². The molecule has 2 aromatic carbocycles.